The summed E-state index contributed by atoms with van der Waals surface area (Å²) in [6.45, 7) is 5.64. The molecular weight excluding hydrogens is 356 g/mol. The third kappa shape index (κ3) is 4.15. The molecule has 4 rings (SSSR count). The molecule has 0 bridgehead atoms. The van der Waals surface area contributed by atoms with E-state index in [0.717, 1.165) is 29.4 Å². The van der Waals surface area contributed by atoms with Crippen molar-refractivity contribution in [1.29, 1.82) is 0 Å². The molecule has 2 aliphatic rings. The average molecular weight is 378 g/mol. The van der Waals surface area contributed by atoms with Gasteiger partial charge in [-0.05, 0) is 48.4 Å². The molecule has 2 heterocycles. The molecule has 1 saturated heterocycles. The maximum atomic E-state index is 12.3. The number of amides is 1. The van der Waals surface area contributed by atoms with Crippen molar-refractivity contribution in [2.75, 3.05) is 13.1 Å². The quantitative estimate of drug-likeness (QED) is 0.725. The number of benzene rings is 2. The molecule has 0 aliphatic carbocycles. The van der Waals surface area contributed by atoms with Gasteiger partial charge in [-0.1, -0.05) is 54.6 Å². The van der Waals surface area contributed by atoms with Crippen molar-refractivity contribution in [3.05, 3.63) is 65.1 Å². The van der Waals surface area contributed by atoms with E-state index in [2.05, 4.69) is 48.0 Å². The molecule has 27 heavy (non-hydrogen) atoms. The van der Waals surface area contributed by atoms with E-state index < -0.39 is 0 Å². The molecule has 0 aromatic heterocycles. The number of nitrogens with zero attached hydrogens (tertiary/aromatic N) is 2. The van der Waals surface area contributed by atoms with Gasteiger partial charge in [0, 0.05) is 13.1 Å². The monoisotopic (exact) mass is 378 g/mol. The molecule has 2 atom stereocenters. The summed E-state index contributed by atoms with van der Waals surface area (Å²) in [5.74, 6) is -0.158. The standard InChI is InChI=1S/C22H22N2O2S/c1-15-13-24(14-16(2)26-15)22-23-21(25)20(27-22)12-17-8-10-19(11-9-17)18-6-4-3-5-7-18/h3-12,15-16H,13-14H2,1-2H3/b20-12+/t15-,16-/m1/s1. The number of amidine groups is 1. The first-order valence-corrected chi connectivity index (χ1v) is 9.98. The van der Waals surface area contributed by atoms with Crippen LogP contribution in [0.1, 0.15) is 19.4 Å². The van der Waals surface area contributed by atoms with Gasteiger partial charge in [-0.25, -0.2) is 0 Å². The van der Waals surface area contributed by atoms with Gasteiger partial charge in [0.15, 0.2) is 5.17 Å². The second-order valence-electron chi connectivity index (χ2n) is 6.96. The Kier molecular flexibility index (Phi) is 5.14. The van der Waals surface area contributed by atoms with Crippen molar-refractivity contribution in [2.45, 2.75) is 26.1 Å². The molecular formula is C22H22N2O2S. The van der Waals surface area contributed by atoms with E-state index >= 15 is 0 Å². The summed E-state index contributed by atoms with van der Waals surface area (Å²) in [5.41, 5.74) is 3.35. The van der Waals surface area contributed by atoms with Crippen LogP contribution in [0.4, 0.5) is 0 Å². The lowest BCUT2D eigenvalue weighted by molar-refractivity contribution is -0.113. The number of hydrogen-bond acceptors (Lipinski definition) is 4. The van der Waals surface area contributed by atoms with E-state index in [0.29, 0.717) is 4.91 Å². The Morgan fingerprint density at radius 1 is 1.00 bits per heavy atom. The average Bonchev–Trinajstić information content (AvgIpc) is 3.03. The van der Waals surface area contributed by atoms with Crippen LogP contribution < -0.4 is 0 Å². The molecule has 138 valence electrons. The Morgan fingerprint density at radius 2 is 1.63 bits per heavy atom. The van der Waals surface area contributed by atoms with Crippen molar-refractivity contribution in [3.8, 4) is 11.1 Å². The Balaban J connectivity index is 1.48. The summed E-state index contributed by atoms with van der Waals surface area (Å²) in [4.78, 5) is 19.4. The van der Waals surface area contributed by atoms with Crippen LogP contribution >= 0.6 is 11.8 Å². The molecule has 0 saturated carbocycles. The highest BCUT2D eigenvalue weighted by atomic mass is 32.2. The van der Waals surface area contributed by atoms with Crippen LogP contribution in [0, 0.1) is 0 Å². The second kappa shape index (κ2) is 7.71. The van der Waals surface area contributed by atoms with E-state index in [-0.39, 0.29) is 18.1 Å². The summed E-state index contributed by atoms with van der Waals surface area (Å²) in [5, 5.41) is 0.786. The number of rotatable bonds is 2. The molecule has 0 spiro atoms. The Morgan fingerprint density at radius 3 is 2.30 bits per heavy atom. The third-order valence-electron chi connectivity index (χ3n) is 4.61. The van der Waals surface area contributed by atoms with Crippen LogP contribution in [0.3, 0.4) is 0 Å². The summed E-state index contributed by atoms with van der Waals surface area (Å²) < 4.78 is 5.77. The number of carbonyl (C=O) groups is 1. The fourth-order valence-electron chi connectivity index (χ4n) is 3.42. The summed E-state index contributed by atoms with van der Waals surface area (Å²) in [6.07, 6.45) is 2.21. The Labute approximate surface area is 163 Å². The Bertz CT molecular complexity index is 880. The number of hydrogen-bond donors (Lipinski definition) is 0. The first-order chi connectivity index (χ1) is 13.1. The van der Waals surface area contributed by atoms with Crippen LogP contribution in [0.25, 0.3) is 17.2 Å². The highest BCUT2D eigenvalue weighted by Gasteiger charge is 2.30. The number of thioether (sulfide) groups is 1. The number of aliphatic imine (C=N–C) groups is 1. The zero-order valence-electron chi connectivity index (χ0n) is 15.5. The normalized spacial score (nSPS) is 24.4. The third-order valence-corrected chi connectivity index (χ3v) is 5.66. The van der Waals surface area contributed by atoms with Gasteiger partial charge < -0.3 is 9.64 Å². The molecule has 0 unspecified atom stereocenters. The van der Waals surface area contributed by atoms with Crippen molar-refractivity contribution < 1.29 is 9.53 Å². The van der Waals surface area contributed by atoms with Gasteiger partial charge in [-0.2, -0.15) is 4.99 Å². The summed E-state index contributed by atoms with van der Waals surface area (Å²) in [7, 11) is 0. The number of ether oxygens (including phenoxy) is 1. The van der Waals surface area contributed by atoms with Crippen LogP contribution in [-0.4, -0.2) is 41.3 Å². The highest BCUT2D eigenvalue weighted by Crippen LogP contribution is 2.32. The maximum Gasteiger partial charge on any atom is 0.286 e. The molecule has 2 aliphatic heterocycles. The van der Waals surface area contributed by atoms with Crippen LogP contribution in [0.15, 0.2) is 64.5 Å². The maximum absolute atomic E-state index is 12.3. The van der Waals surface area contributed by atoms with Gasteiger partial charge in [-0.15, -0.1) is 0 Å². The van der Waals surface area contributed by atoms with Crippen molar-refractivity contribution in [3.63, 3.8) is 0 Å². The van der Waals surface area contributed by atoms with Gasteiger partial charge in [0.25, 0.3) is 5.91 Å². The topological polar surface area (TPSA) is 41.9 Å². The highest BCUT2D eigenvalue weighted by molar-refractivity contribution is 8.18. The molecule has 2 aromatic rings. The van der Waals surface area contributed by atoms with Crippen molar-refractivity contribution >= 4 is 28.9 Å². The predicted molar refractivity (Wildman–Crippen MR) is 111 cm³/mol. The van der Waals surface area contributed by atoms with Gasteiger partial charge >= 0.3 is 0 Å². The molecule has 0 N–H and O–H groups in total. The SMILES string of the molecule is C[C@@H]1CN(C2=NC(=O)/C(=C\c3ccc(-c4ccccc4)cc3)S2)C[C@@H](C)O1. The van der Waals surface area contributed by atoms with Crippen molar-refractivity contribution in [2.24, 2.45) is 4.99 Å². The van der Waals surface area contributed by atoms with Gasteiger partial charge in [-0.3, -0.25) is 4.79 Å². The fourth-order valence-corrected chi connectivity index (χ4v) is 4.35. The summed E-state index contributed by atoms with van der Waals surface area (Å²) in [6, 6.07) is 18.5. The lowest BCUT2D eigenvalue weighted by atomic mass is 10.0. The van der Waals surface area contributed by atoms with Crippen LogP contribution in [0.2, 0.25) is 0 Å². The van der Waals surface area contributed by atoms with E-state index in [1.165, 1.54) is 17.3 Å². The number of carbonyl (C=O) groups excluding carboxylic acids is 1. The minimum Gasteiger partial charge on any atom is -0.372 e. The lowest BCUT2D eigenvalue weighted by Crippen LogP contribution is -2.47. The largest absolute Gasteiger partial charge is 0.372 e. The van der Waals surface area contributed by atoms with Gasteiger partial charge in [0.1, 0.15) is 0 Å². The van der Waals surface area contributed by atoms with E-state index in [4.69, 9.17) is 4.74 Å². The van der Waals surface area contributed by atoms with E-state index in [9.17, 15) is 4.79 Å². The first kappa shape index (κ1) is 18.0. The molecule has 0 radical (unpaired) electrons. The lowest BCUT2D eigenvalue weighted by Gasteiger charge is -2.35. The van der Waals surface area contributed by atoms with Gasteiger partial charge in [0.05, 0.1) is 17.1 Å². The van der Waals surface area contributed by atoms with Crippen LogP contribution in [0.5, 0.6) is 0 Å². The molecule has 1 amide bonds. The number of morpholine rings is 1. The fraction of sp³-hybridized carbons (Fsp3) is 0.273. The second-order valence-corrected chi connectivity index (χ2v) is 7.97. The first-order valence-electron chi connectivity index (χ1n) is 9.17. The van der Waals surface area contributed by atoms with Crippen molar-refractivity contribution in [1.82, 2.24) is 4.90 Å². The van der Waals surface area contributed by atoms with Gasteiger partial charge in [0.2, 0.25) is 0 Å². The van der Waals surface area contributed by atoms with Crippen LogP contribution in [-0.2, 0) is 9.53 Å². The smallest absolute Gasteiger partial charge is 0.286 e. The molecule has 4 nitrogen and oxygen atoms in total. The van der Waals surface area contributed by atoms with E-state index in [1.54, 1.807) is 0 Å². The minimum absolute atomic E-state index is 0.144. The molecule has 2 aromatic carbocycles. The van der Waals surface area contributed by atoms with E-state index in [1.807, 2.05) is 36.4 Å². The predicted octanol–water partition coefficient (Wildman–Crippen LogP) is 4.43. The minimum atomic E-state index is -0.158. The zero-order valence-corrected chi connectivity index (χ0v) is 16.3. The summed E-state index contributed by atoms with van der Waals surface area (Å²) >= 11 is 1.46. The zero-order chi connectivity index (χ0) is 18.8. The molecule has 1 fully saturated rings. The Hall–Kier alpha value is -2.37. The molecule has 5 heteroatoms.